The van der Waals surface area contributed by atoms with Gasteiger partial charge in [-0.15, -0.1) is 0 Å². The van der Waals surface area contributed by atoms with Crippen molar-refractivity contribution in [3.05, 3.63) is 54.1 Å². The highest BCUT2D eigenvalue weighted by Crippen LogP contribution is 2.24. The first-order valence-corrected chi connectivity index (χ1v) is 8.51. The molecular formula is C20H22N2O4. The number of carbonyl (C=O) groups is 1. The van der Waals surface area contributed by atoms with E-state index in [1.165, 1.54) is 13.8 Å². The average molecular weight is 354 g/mol. The Kier molecular flexibility index (Phi) is 4.84. The Bertz CT molecular complexity index is 867. The van der Waals surface area contributed by atoms with Crippen LogP contribution in [0.25, 0.3) is 11.1 Å². The molecule has 0 atom stereocenters. The Hall–Kier alpha value is -3.02. The van der Waals surface area contributed by atoms with Crippen LogP contribution < -0.4 is 9.64 Å². The summed E-state index contributed by atoms with van der Waals surface area (Å²) in [5.41, 5.74) is 1.38. The van der Waals surface area contributed by atoms with Crippen molar-refractivity contribution in [2.45, 2.75) is 32.9 Å². The van der Waals surface area contributed by atoms with E-state index in [1.807, 2.05) is 48.2 Å². The summed E-state index contributed by atoms with van der Waals surface area (Å²) in [6.45, 7) is 6.47. The molecule has 3 aromatic rings. The molecule has 0 fully saturated rings. The van der Waals surface area contributed by atoms with Crippen molar-refractivity contribution in [1.29, 1.82) is 0 Å². The summed E-state index contributed by atoms with van der Waals surface area (Å²) in [6, 6.07) is 15.6. The lowest BCUT2D eigenvalue weighted by molar-refractivity contribution is -0.152. The zero-order chi connectivity index (χ0) is 18.7. The first-order valence-electron chi connectivity index (χ1n) is 8.51. The monoisotopic (exact) mass is 354 g/mol. The minimum Gasteiger partial charge on any atom is -0.478 e. The smallest absolute Gasteiger partial charge is 0.347 e. The molecule has 1 aromatic heterocycles. The predicted octanol–water partition coefficient (Wildman–Crippen LogP) is 4.10. The molecule has 136 valence electrons. The van der Waals surface area contributed by atoms with Gasteiger partial charge in [-0.25, -0.2) is 4.79 Å². The first kappa shape index (κ1) is 17.8. The Morgan fingerprint density at radius 3 is 2.50 bits per heavy atom. The van der Waals surface area contributed by atoms with Gasteiger partial charge in [-0.05, 0) is 50.6 Å². The van der Waals surface area contributed by atoms with Crippen molar-refractivity contribution in [1.82, 2.24) is 4.98 Å². The molecule has 2 aromatic carbocycles. The number of carboxylic acids is 1. The number of fused-ring (bicyclic) bond motifs is 1. The van der Waals surface area contributed by atoms with Crippen LogP contribution in [0, 0.1) is 0 Å². The Morgan fingerprint density at radius 2 is 1.88 bits per heavy atom. The van der Waals surface area contributed by atoms with Crippen molar-refractivity contribution in [2.24, 2.45) is 0 Å². The standard InChI is InChI=1S/C20H22N2O4/c1-4-22(19-21-16-7-5-6-8-17(16)25-19)13-14-9-11-15(12-10-14)26-20(2,3)18(23)24/h5-12H,4,13H2,1-3H3,(H,23,24). The third-order valence-corrected chi connectivity index (χ3v) is 4.12. The number of anilines is 1. The van der Waals surface area contributed by atoms with Gasteiger partial charge in [0.25, 0.3) is 6.01 Å². The largest absolute Gasteiger partial charge is 0.478 e. The number of oxazole rings is 1. The van der Waals surface area contributed by atoms with Crippen molar-refractivity contribution in [3.8, 4) is 5.75 Å². The van der Waals surface area contributed by atoms with Crippen LogP contribution in [-0.2, 0) is 11.3 Å². The average Bonchev–Trinajstić information content (AvgIpc) is 3.04. The third kappa shape index (κ3) is 3.79. The van der Waals surface area contributed by atoms with Crippen LogP contribution in [0.5, 0.6) is 5.75 Å². The minimum atomic E-state index is -1.27. The molecule has 0 saturated carbocycles. The first-order chi connectivity index (χ1) is 12.4. The SMILES string of the molecule is CCN(Cc1ccc(OC(C)(C)C(=O)O)cc1)c1nc2ccccc2o1. The van der Waals surface area contributed by atoms with E-state index in [9.17, 15) is 4.79 Å². The second kappa shape index (κ2) is 7.07. The fraction of sp³-hybridized carbons (Fsp3) is 0.300. The molecule has 1 N–H and O–H groups in total. The number of hydrogen-bond donors (Lipinski definition) is 1. The number of ether oxygens (including phenoxy) is 1. The summed E-state index contributed by atoms with van der Waals surface area (Å²) in [6.07, 6.45) is 0. The summed E-state index contributed by atoms with van der Waals surface area (Å²) < 4.78 is 11.4. The number of rotatable bonds is 7. The number of aromatic nitrogens is 1. The molecule has 0 aliphatic carbocycles. The molecule has 1 heterocycles. The second-order valence-corrected chi connectivity index (χ2v) is 6.54. The lowest BCUT2D eigenvalue weighted by atomic mass is 10.1. The van der Waals surface area contributed by atoms with Crippen LogP contribution in [0.3, 0.4) is 0 Å². The summed E-state index contributed by atoms with van der Waals surface area (Å²) in [7, 11) is 0. The lowest BCUT2D eigenvalue weighted by Crippen LogP contribution is -2.37. The van der Waals surface area contributed by atoms with Crippen molar-refractivity contribution >= 4 is 23.1 Å². The van der Waals surface area contributed by atoms with Crippen LogP contribution in [0.4, 0.5) is 6.01 Å². The number of aliphatic carboxylic acids is 1. The molecule has 3 rings (SSSR count). The molecule has 0 aliphatic rings. The van der Waals surface area contributed by atoms with E-state index < -0.39 is 11.6 Å². The molecule has 6 heteroatoms. The highest BCUT2D eigenvalue weighted by Gasteiger charge is 2.29. The van der Waals surface area contributed by atoms with Gasteiger partial charge in [-0.1, -0.05) is 24.3 Å². The maximum Gasteiger partial charge on any atom is 0.347 e. The lowest BCUT2D eigenvalue weighted by Gasteiger charge is -2.22. The molecule has 0 unspecified atom stereocenters. The van der Waals surface area contributed by atoms with Crippen LogP contribution in [0.1, 0.15) is 26.3 Å². The summed E-state index contributed by atoms with van der Waals surface area (Å²) in [4.78, 5) is 17.7. The van der Waals surface area contributed by atoms with Gasteiger partial charge in [-0.3, -0.25) is 0 Å². The van der Waals surface area contributed by atoms with Gasteiger partial charge in [-0.2, -0.15) is 4.98 Å². The van der Waals surface area contributed by atoms with Crippen LogP contribution in [0.2, 0.25) is 0 Å². The van der Waals surface area contributed by atoms with E-state index in [0.717, 1.165) is 23.2 Å². The summed E-state index contributed by atoms with van der Waals surface area (Å²) in [5, 5.41) is 9.14. The van der Waals surface area contributed by atoms with E-state index in [1.54, 1.807) is 12.1 Å². The van der Waals surface area contributed by atoms with Gasteiger partial charge in [0.05, 0.1) is 0 Å². The highest BCUT2D eigenvalue weighted by molar-refractivity contribution is 5.76. The number of para-hydroxylation sites is 2. The maximum absolute atomic E-state index is 11.2. The molecule has 0 saturated heterocycles. The van der Waals surface area contributed by atoms with E-state index in [4.69, 9.17) is 14.3 Å². The molecule has 6 nitrogen and oxygen atoms in total. The number of benzene rings is 2. The third-order valence-electron chi connectivity index (χ3n) is 4.12. The summed E-state index contributed by atoms with van der Waals surface area (Å²) >= 11 is 0. The maximum atomic E-state index is 11.2. The van der Waals surface area contributed by atoms with Gasteiger partial charge in [0, 0.05) is 13.1 Å². The van der Waals surface area contributed by atoms with Gasteiger partial charge < -0.3 is 19.2 Å². The van der Waals surface area contributed by atoms with Crippen molar-refractivity contribution < 1.29 is 19.1 Å². The van der Waals surface area contributed by atoms with Crippen molar-refractivity contribution in [2.75, 3.05) is 11.4 Å². The Morgan fingerprint density at radius 1 is 1.19 bits per heavy atom. The zero-order valence-corrected chi connectivity index (χ0v) is 15.1. The van der Waals surface area contributed by atoms with Crippen LogP contribution in [-0.4, -0.2) is 28.2 Å². The van der Waals surface area contributed by atoms with Crippen molar-refractivity contribution in [3.63, 3.8) is 0 Å². The molecule has 0 bridgehead atoms. The van der Waals surface area contributed by atoms with Gasteiger partial charge >= 0.3 is 5.97 Å². The van der Waals surface area contributed by atoms with E-state index in [2.05, 4.69) is 4.98 Å². The van der Waals surface area contributed by atoms with Gasteiger partial charge in [0.15, 0.2) is 11.2 Å². The fourth-order valence-electron chi connectivity index (χ4n) is 2.53. The van der Waals surface area contributed by atoms with E-state index in [-0.39, 0.29) is 0 Å². The quantitative estimate of drug-likeness (QED) is 0.688. The molecule has 0 amide bonds. The molecule has 0 aliphatic heterocycles. The topological polar surface area (TPSA) is 75.8 Å². The van der Waals surface area contributed by atoms with E-state index in [0.29, 0.717) is 18.3 Å². The highest BCUT2D eigenvalue weighted by atomic mass is 16.5. The zero-order valence-electron chi connectivity index (χ0n) is 15.1. The molecular weight excluding hydrogens is 332 g/mol. The number of hydrogen-bond acceptors (Lipinski definition) is 5. The van der Waals surface area contributed by atoms with Crippen LogP contribution in [0.15, 0.2) is 52.9 Å². The molecule has 0 radical (unpaired) electrons. The van der Waals surface area contributed by atoms with Crippen LogP contribution >= 0.6 is 0 Å². The Balaban J connectivity index is 1.73. The normalized spacial score (nSPS) is 11.5. The van der Waals surface area contributed by atoms with Gasteiger partial charge in [0.2, 0.25) is 0 Å². The minimum absolute atomic E-state index is 0.520. The van der Waals surface area contributed by atoms with E-state index >= 15 is 0 Å². The summed E-state index contributed by atoms with van der Waals surface area (Å²) in [5.74, 6) is -0.485. The molecule has 0 spiro atoms. The number of nitrogens with zero attached hydrogens (tertiary/aromatic N) is 2. The Labute approximate surface area is 152 Å². The van der Waals surface area contributed by atoms with Gasteiger partial charge in [0.1, 0.15) is 11.3 Å². The number of carboxylic acid groups (broad SMARTS) is 1. The fourth-order valence-corrected chi connectivity index (χ4v) is 2.53. The predicted molar refractivity (Wildman–Crippen MR) is 99.5 cm³/mol. The second-order valence-electron chi connectivity index (χ2n) is 6.54. The molecule has 26 heavy (non-hydrogen) atoms.